The molecule has 13 aromatic rings. The maximum absolute atomic E-state index is 13.0. The Morgan fingerprint density at radius 3 is 1.87 bits per heavy atom. The van der Waals surface area contributed by atoms with Gasteiger partial charge in [-0.3, -0.25) is 14.4 Å². The maximum Gasteiger partial charge on any atom is 0.0859 e. The molecule has 0 saturated carbocycles. The number of halogens is 1. The van der Waals surface area contributed by atoms with Crippen LogP contribution in [0.1, 0.15) is 32.2 Å². The Kier molecular flexibility index (Phi) is 13.4. The Labute approximate surface area is 463 Å². The summed E-state index contributed by atoms with van der Waals surface area (Å²) in [5, 5.41) is 7.05. The zero-order chi connectivity index (χ0) is 52.3. The molecule has 373 valence electrons. The fourth-order valence-electron chi connectivity index (χ4n) is 10.5. The van der Waals surface area contributed by atoms with Crippen molar-refractivity contribution < 1.29 is 25.9 Å². The molecule has 0 atom stereocenters. The van der Waals surface area contributed by atoms with E-state index in [1.165, 1.54) is 33.7 Å². The van der Waals surface area contributed by atoms with Gasteiger partial charge >= 0.3 is 0 Å². The van der Waals surface area contributed by atoms with Crippen LogP contribution in [-0.4, -0.2) is 27.6 Å². The second-order valence-electron chi connectivity index (χ2n) is 20.4. The molecule has 1 radical (unpaired) electrons. The van der Waals surface area contributed by atoms with Crippen LogP contribution >= 0.6 is 11.3 Å². The summed E-state index contributed by atoms with van der Waals surface area (Å²) in [5.74, 6) is -0.134. The van der Waals surface area contributed by atoms with E-state index in [1.54, 1.807) is 17.4 Å². The first kappa shape index (κ1) is 49.2. The standard InChI is InChI=1S/C51H32N3S.C17H21FNSi.Ir/c1-32-25-27-43(50-46(32)48-45(55-50)30-37(31-52-48)34-17-7-3-8-18-34)51-53-47-41-23-13-11-21-39(41)40-22-12-14-24-42(40)49(47)54(51)44-29-36(33-15-5-2-6-16-33)26-28-38(44)35-19-9-4-10-20-35;1-12(2)15-10-16(13-6-8-14(18)9-7-13)19-11-17(15)20(3,4)5;/h2-26,28-31H,1H3;6,8-12H,1-5H3;/q2*-1;/i;12D;. The van der Waals surface area contributed by atoms with Gasteiger partial charge in [0.1, 0.15) is 0 Å². The molecule has 0 saturated heterocycles. The smallest absolute Gasteiger partial charge is 0.0859 e. The average molecular weight is 1200 g/mol. The molecule has 0 aliphatic carbocycles. The Morgan fingerprint density at radius 1 is 0.605 bits per heavy atom. The van der Waals surface area contributed by atoms with Gasteiger partial charge in [-0.25, -0.2) is 0 Å². The van der Waals surface area contributed by atoms with Crippen molar-refractivity contribution in [1.29, 1.82) is 0 Å². The second-order valence-corrected chi connectivity index (χ2v) is 26.5. The van der Waals surface area contributed by atoms with Crippen LogP contribution in [0.3, 0.4) is 0 Å². The molecule has 4 heterocycles. The molecule has 4 aromatic heterocycles. The van der Waals surface area contributed by atoms with Crippen molar-refractivity contribution in [2.45, 2.75) is 46.3 Å². The summed E-state index contributed by atoms with van der Waals surface area (Å²) in [6.07, 6.45) is 3.90. The molecule has 8 heteroatoms. The fourth-order valence-corrected chi connectivity index (χ4v) is 13.3. The minimum atomic E-state index is -1.57. The van der Waals surface area contributed by atoms with Gasteiger partial charge in [-0.05, 0) is 66.6 Å². The Morgan fingerprint density at radius 2 is 1.22 bits per heavy atom. The molecule has 76 heavy (non-hydrogen) atoms. The van der Waals surface area contributed by atoms with Crippen LogP contribution in [0.4, 0.5) is 4.39 Å². The zero-order valence-corrected chi connectivity index (χ0v) is 47.2. The number of pyridine rings is 2. The van der Waals surface area contributed by atoms with E-state index in [0.717, 1.165) is 109 Å². The van der Waals surface area contributed by atoms with Crippen molar-refractivity contribution in [3.05, 3.63) is 236 Å². The molecular weight excluding hydrogens is 1140 g/mol. The van der Waals surface area contributed by atoms with Gasteiger partial charge in [-0.15, -0.1) is 47.5 Å². The van der Waals surface area contributed by atoms with Crippen LogP contribution in [0, 0.1) is 24.9 Å². The second kappa shape index (κ2) is 20.8. The topological polar surface area (TPSA) is 43.6 Å². The first-order chi connectivity index (χ1) is 36.8. The predicted octanol–water partition coefficient (Wildman–Crippen LogP) is 18.2. The van der Waals surface area contributed by atoms with Crippen molar-refractivity contribution >= 4 is 77.5 Å². The Hall–Kier alpha value is -7.71. The number of nitrogens with zero attached hydrogens (tertiary/aromatic N) is 4. The minimum Gasteiger partial charge on any atom is -0.332 e. The normalized spacial score (nSPS) is 12.0. The SMILES string of the molecule is Cc1c[c-]c(-c2nc3c4ccccc4c4ccccc4c3n2-c2cc(-c3ccccc3)ccc2-c2ccccc2)c2sc3cc(-c4ccccc4)cnc3c12.[2H]C(C)(C)c1cc(-c2[c-]cc(F)cc2)ncc1[Si](C)(C)C.[Ir]. The van der Waals surface area contributed by atoms with Crippen molar-refractivity contribution in [3.63, 3.8) is 0 Å². The largest absolute Gasteiger partial charge is 0.332 e. The molecule has 0 fully saturated rings. The summed E-state index contributed by atoms with van der Waals surface area (Å²) >= 11 is 1.78. The molecule has 0 N–H and O–H groups in total. The fraction of sp³-hybridized carbons (Fsp3) is 0.103. The van der Waals surface area contributed by atoms with E-state index in [9.17, 15) is 4.39 Å². The van der Waals surface area contributed by atoms with E-state index in [1.807, 2.05) is 32.3 Å². The zero-order valence-electron chi connectivity index (χ0n) is 44.0. The van der Waals surface area contributed by atoms with Crippen LogP contribution in [0.5, 0.6) is 0 Å². The number of imidazole rings is 1. The third kappa shape index (κ3) is 9.30. The van der Waals surface area contributed by atoms with Gasteiger partial charge in [0.25, 0.3) is 0 Å². The van der Waals surface area contributed by atoms with Crippen molar-refractivity contribution in [2.24, 2.45) is 0 Å². The molecule has 0 bridgehead atoms. The summed E-state index contributed by atoms with van der Waals surface area (Å²) in [4.78, 5) is 15.3. The predicted molar refractivity (Wildman–Crippen MR) is 318 cm³/mol. The molecule has 0 amide bonds. The summed E-state index contributed by atoms with van der Waals surface area (Å²) in [5.41, 5.74) is 15.6. The van der Waals surface area contributed by atoms with E-state index >= 15 is 0 Å². The van der Waals surface area contributed by atoms with Crippen LogP contribution < -0.4 is 5.19 Å². The quantitative estimate of drug-likeness (QED) is 0.0865. The number of thiophene rings is 1. The Balaban J connectivity index is 0.000000243. The van der Waals surface area contributed by atoms with Crippen molar-refractivity contribution in [1.82, 2.24) is 19.5 Å². The molecule has 0 unspecified atom stereocenters. The molecule has 0 aliphatic rings. The molecule has 0 spiro atoms. The number of rotatable bonds is 8. The molecule has 4 nitrogen and oxygen atoms in total. The van der Waals surface area contributed by atoms with Gasteiger partial charge in [0, 0.05) is 72.0 Å². The van der Waals surface area contributed by atoms with E-state index in [-0.39, 0.29) is 25.9 Å². The van der Waals surface area contributed by atoms with Crippen molar-refractivity contribution in [3.8, 4) is 61.7 Å². The number of aromatic nitrogens is 4. The number of aryl methyl sites for hydroxylation is 1. The average Bonchev–Trinajstić information content (AvgIpc) is 4.24. The molecule has 13 rings (SSSR count). The summed E-state index contributed by atoms with van der Waals surface area (Å²) < 4.78 is 26.1. The van der Waals surface area contributed by atoms with E-state index in [2.05, 4.69) is 218 Å². The first-order valence-corrected chi connectivity index (χ1v) is 29.7. The van der Waals surface area contributed by atoms with Gasteiger partial charge in [-0.1, -0.05) is 215 Å². The van der Waals surface area contributed by atoms with Crippen molar-refractivity contribution in [2.75, 3.05) is 0 Å². The third-order valence-electron chi connectivity index (χ3n) is 14.2. The third-order valence-corrected chi connectivity index (χ3v) is 17.3. The number of hydrogen-bond donors (Lipinski definition) is 0. The number of benzene rings is 9. The number of hydrogen-bond acceptors (Lipinski definition) is 4. The van der Waals surface area contributed by atoms with E-state index < -0.39 is 14.0 Å². The van der Waals surface area contributed by atoms with Gasteiger partial charge < -0.3 is 9.55 Å². The van der Waals surface area contributed by atoms with Gasteiger partial charge in [0.05, 0.1) is 30.4 Å². The molecular formula is C68H53FIrN4SSi-2. The number of fused-ring (bicyclic) bond motifs is 9. The molecule has 9 aromatic carbocycles. The Bertz CT molecular complexity index is 4320. The minimum absolute atomic E-state index is 0. The van der Waals surface area contributed by atoms with E-state index in [4.69, 9.17) is 11.3 Å². The van der Waals surface area contributed by atoms with Crippen LogP contribution in [-0.2, 0) is 20.1 Å². The van der Waals surface area contributed by atoms with Gasteiger partial charge in [0.2, 0.25) is 0 Å². The van der Waals surface area contributed by atoms with Crippen LogP contribution in [0.25, 0.3) is 115 Å². The maximum atomic E-state index is 13.0. The van der Waals surface area contributed by atoms with Crippen LogP contribution in [0.2, 0.25) is 19.6 Å². The van der Waals surface area contributed by atoms with E-state index in [0.29, 0.717) is 0 Å². The van der Waals surface area contributed by atoms with Gasteiger partial charge in [0.15, 0.2) is 0 Å². The molecule has 0 aliphatic heterocycles. The monoisotopic (exact) mass is 1200 g/mol. The first-order valence-electron chi connectivity index (χ1n) is 25.9. The van der Waals surface area contributed by atoms with Crippen LogP contribution in [0.15, 0.2) is 207 Å². The summed E-state index contributed by atoms with van der Waals surface area (Å²) in [6.45, 7) is 12.7. The van der Waals surface area contributed by atoms with Gasteiger partial charge in [-0.2, -0.15) is 11.3 Å². The summed E-state index contributed by atoms with van der Waals surface area (Å²) in [7, 11) is -1.57. The summed E-state index contributed by atoms with van der Waals surface area (Å²) in [6, 6.07) is 73.6.